The summed E-state index contributed by atoms with van der Waals surface area (Å²) in [5.41, 5.74) is 0.859. The average Bonchev–Trinajstić information content (AvgIpc) is 2.99. The Kier molecular flexibility index (Phi) is 4.07. The van der Waals surface area contributed by atoms with Gasteiger partial charge in [0.25, 0.3) is 0 Å². The lowest BCUT2D eigenvalue weighted by atomic mass is 9.87. The summed E-state index contributed by atoms with van der Waals surface area (Å²) in [6.07, 6.45) is 5.71. The van der Waals surface area contributed by atoms with E-state index >= 15 is 0 Å². The first-order valence-electron chi connectivity index (χ1n) is 6.98. The number of nitrogens with zero attached hydrogens (tertiary/aromatic N) is 3. The minimum atomic E-state index is -0.351. The molecule has 102 valence electrons. The molecule has 2 atom stereocenters. The van der Waals surface area contributed by atoms with E-state index in [9.17, 15) is 5.11 Å². The summed E-state index contributed by atoms with van der Waals surface area (Å²) in [4.78, 5) is 2.45. The highest BCUT2D eigenvalue weighted by atomic mass is 16.3. The van der Waals surface area contributed by atoms with Crippen molar-refractivity contribution in [3.63, 3.8) is 0 Å². The topological polar surface area (TPSA) is 41.3 Å². The summed E-state index contributed by atoms with van der Waals surface area (Å²) in [6, 6.07) is 1.99. The number of aromatic nitrogens is 2. The number of rotatable bonds is 5. The van der Waals surface area contributed by atoms with E-state index in [0.717, 1.165) is 25.2 Å². The van der Waals surface area contributed by atoms with Gasteiger partial charge in [-0.15, -0.1) is 0 Å². The van der Waals surface area contributed by atoms with Crippen LogP contribution >= 0.6 is 0 Å². The molecule has 0 saturated carbocycles. The summed E-state index contributed by atoms with van der Waals surface area (Å²) in [6.45, 7) is 6.58. The zero-order valence-corrected chi connectivity index (χ0v) is 11.8. The second-order valence-electron chi connectivity index (χ2n) is 5.61. The van der Waals surface area contributed by atoms with Crippen molar-refractivity contribution in [2.45, 2.75) is 51.2 Å². The Hall–Kier alpha value is -0.870. The normalized spacial score (nSPS) is 22.0. The van der Waals surface area contributed by atoms with Gasteiger partial charge in [0.2, 0.25) is 0 Å². The number of hydrogen-bond donors (Lipinski definition) is 1. The molecule has 1 N–H and O–H groups in total. The van der Waals surface area contributed by atoms with Gasteiger partial charge < -0.3 is 5.11 Å². The van der Waals surface area contributed by atoms with Gasteiger partial charge in [-0.05, 0) is 45.3 Å². The van der Waals surface area contributed by atoms with Crippen molar-refractivity contribution in [1.82, 2.24) is 14.7 Å². The van der Waals surface area contributed by atoms with Crippen molar-refractivity contribution in [2.75, 3.05) is 13.1 Å². The van der Waals surface area contributed by atoms with E-state index in [1.165, 1.54) is 12.8 Å². The van der Waals surface area contributed by atoms with Crippen molar-refractivity contribution in [2.24, 2.45) is 7.05 Å². The van der Waals surface area contributed by atoms with Crippen LogP contribution in [0.4, 0.5) is 0 Å². The maximum absolute atomic E-state index is 10.6. The molecule has 4 heteroatoms. The van der Waals surface area contributed by atoms with Crippen molar-refractivity contribution in [1.29, 1.82) is 0 Å². The molecule has 0 amide bonds. The van der Waals surface area contributed by atoms with Gasteiger partial charge in [0.05, 0.1) is 11.8 Å². The predicted molar refractivity (Wildman–Crippen MR) is 72.4 cm³/mol. The highest BCUT2D eigenvalue weighted by Crippen LogP contribution is 2.29. The average molecular weight is 251 g/mol. The van der Waals surface area contributed by atoms with Crippen LogP contribution in [0.1, 0.15) is 38.8 Å². The molecule has 0 bridgehead atoms. The van der Waals surface area contributed by atoms with Crippen LogP contribution in [0.15, 0.2) is 12.3 Å². The van der Waals surface area contributed by atoms with Crippen LogP contribution in [-0.4, -0.2) is 44.5 Å². The first kappa shape index (κ1) is 13.6. The van der Waals surface area contributed by atoms with Crippen LogP contribution in [0.5, 0.6) is 0 Å². The summed E-state index contributed by atoms with van der Waals surface area (Å²) in [5, 5.41) is 15.0. The second-order valence-corrected chi connectivity index (χ2v) is 5.61. The maximum Gasteiger partial charge on any atom is 0.0777 e. The number of aliphatic hydroxyl groups excluding tert-OH is 1. The molecule has 0 spiro atoms. The third-order valence-corrected chi connectivity index (χ3v) is 4.43. The fraction of sp³-hybridized carbons (Fsp3) is 0.786. The van der Waals surface area contributed by atoms with E-state index in [-0.39, 0.29) is 11.6 Å². The fourth-order valence-corrected chi connectivity index (χ4v) is 2.89. The van der Waals surface area contributed by atoms with Crippen LogP contribution in [0.25, 0.3) is 0 Å². The molecule has 0 aliphatic carbocycles. The van der Waals surface area contributed by atoms with Crippen LogP contribution < -0.4 is 0 Å². The number of hydrogen-bond acceptors (Lipinski definition) is 3. The zero-order valence-electron chi connectivity index (χ0n) is 11.8. The Bertz CT molecular complexity index is 384. The Morgan fingerprint density at radius 3 is 2.61 bits per heavy atom. The molecule has 2 rings (SSSR count). The number of aryl methyl sites for hydroxylation is 1. The monoisotopic (exact) mass is 251 g/mol. The lowest BCUT2D eigenvalue weighted by Crippen LogP contribution is -2.53. The zero-order chi connectivity index (χ0) is 13.2. The molecule has 2 unspecified atom stereocenters. The number of aliphatic hydroxyl groups is 1. The Morgan fingerprint density at radius 1 is 1.44 bits per heavy atom. The molecule has 1 saturated heterocycles. The standard InChI is InChI=1S/C14H25N3O/c1-4-14(2,17-8-5-6-9-17)13(18)11-12-7-10-16(3)15-12/h7,10,13,18H,4-6,8-9,11H2,1-3H3. The van der Waals surface area contributed by atoms with E-state index in [1.54, 1.807) is 4.68 Å². The van der Waals surface area contributed by atoms with Crippen LogP contribution in [-0.2, 0) is 13.5 Å². The van der Waals surface area contributed by atoms with Gasteiger partial charge in [-0.3, -0.25) is 9.58 Å². The van der Waals surface area contributed by atoms with Gasteiger partial charge in [-0.1, -0.05) is 6.92 Å². The van der Waals surface area contributed by atoms with Crippen LogP contribution in [0.3, 0.4) is 0 Å². The van der Waals surface area contributed by atoms with Crippen molar-refractivity contribution >= 4 is 0 Å². The molecule has 4 nitrogen and oxygen atoms in total. The summed E-state index contributed by atoms with van der Waals surface area (Å²) in [7, 11) is 1.91. The molecule has 1 aliphatic heterocycles. The van der Waals surface area contributed by atoms with E-state index < -0.39 is 0 Å². The lowest BCUT2D eigenvalue weighted by Gasteiger charge is -2.42. The van der Waals surface area contributed by atoms with E-state index in [4.69, 9.17) is 0 Å². The largest absolute Gasteiger partial charge is 0.391 e. The molecular formula is C14H25N3O. The molecule has 0 aromatic carbocycles. The molecule has 1 fully saturated rings. The first-order valence-corrected chi connectivity index (χ1v) is 6.98. The summed E-state index contributed by atoms with van der Waals surface area (Å²) >= 11 is 0. The van der Waals surface area contributed by atoms with E-state index in [1.807, 2.05) is 19.3 Å². The second kappa shape index (κ2) is 5.41. The Balaban J connectivity index is 2.06. The third kappa shape index (κ3) is 2.59. The Labute approximate surface area is 110 Å². The first-order chi connectivity index (χ1) is 8.56. The molecule has 1 aromatic heterocycles. The van der Waals surface area contributed by atoms with Crippen LogP contribution in [0, 0.1) is 0 Å². The summed E-state index contributed by atoms with van der Waals surface area (Å²) in [5.74, 6) is 0. The molecule has 18 heavy (non-hydrogen) atoms. The predicted octanol–water partition coefficient (Wildman–Crippen LogP) is 1.59. The van der Waals surface area contributed by atoms with Gasteiger partial charge in [0.1, 0.15) is 0 Å². The third-order valence-electron chi connectivity index (χ3n) is 4.43. The van der Waals surface area contributed by atoms with Gasteiger partial charge in [-0.25, -0.2) is 0 Å². The smallest absolute Gasteiger partial charge is 0.0777 e. The fourth-order valence-electron chi connectivity index (χ4n) is 2.89. The van der Waals surface area contributed by atoms with E-state index in [0.29, 0.717) is 6.42 Å². The van der Waals surface area contributed by atoms with Crippen LogP contribution in [0.2, 0.25) is 0 Å². The Morgan fingerprint density at radius 2 is 2.11 bits per heavy atom. The van der Waals surface area contributed by atoms with Gasteiger partial charge >= 0.3 is 0 Å². The molecule has 1 aliphatic rings. The minimum Gasteiger partial charge on any atom is -0.391 e. The SMILES string of the molecule is CCC(C)(C(O)Cc1ccn(C)n1)N1CCCC1. The molecule has 0 radical (unpaired) electrons. The van der Waals surface area contributed by atoms with Crippen molar-refractivity contribution in [3.8, 4) is 0 Å². The van der Waals surface area contributed by atoms with Crippen molar-refractivity contribution in [3.05, 3.63) is 18.0 Å². The number of likely N-dealkylation sites (tertiary alicyclic amines) is 1. The molecule has 2 heterocycles. The van der Waals surface area contributed by atoms with Gasteiger partial charge in [0.15, 0.2) is 0 Å². The van der Waals surface area contributed by atoms with Gasteiger partial charge in [-0.2, -0.15) is 5.10 Å². The molecule has 1 aromatic rings. The van der Waals surface area contributed by atoms with Crippen molar-refractivity contribution < 1.29 is 5.11 Å². The highest BCUT2D eigenvalue weighted by Gasteiger charge is 2.38. The lowest BCUT2D eigenvalue weighted by molar-refractivity contribution is -0.0122. The van der Waals surface area contributed by atoms with E-state index in [2.05, 4.69) is 23.8 Å². The van der Waals surface area contributed by atoms with Gasteiger partial charge in [0, 0.05) is 25.2 Å². The highest BCUT2D eigenvalue weighted by molar-refractivity contribution is 5.05. The molecular weight excluding hydrogens is 226 g/mol. The maximum atomic E-state index is 10.6. The quantitative estimate of drug-likeness (QED) is 0.864. The summed E-state index contributed by atoms with van der Waals surface area (Å²) < 4.78 is 1.79. The minimum absolute atomic E-state index is 0.117.